The number of amides is 1. The van der Waals surface area contributed by atoms with Gasteiger partial charge in [-0.3, -0.25) is 9.48 Å². The maximum atomic E-state index is 11.3. The van der Waals surface area contributed by atoms with E-state index in [4.69, 9.17) is 16.9 Å². The number of carbonyl (C=O) groups is 1. The Bertz CT molecular complexity index is 346. The Morgan fingerprint density at radius 2 is 2.62 bits per heavy atom. The molecule has 0 aliphatic heterocycles. The third-order valence-corrected chi connectivity index (χ3v) is 1.71. The second kappa shape index (κ2) is 3.92. The van der Waals surface area contributed by atoms with Crippen molar-refractivity contribution in [3.8, 4) is 6.07 Å². The van der Waals surface area contributed by atoms with Crippen molar-refractivity contribution in [3.05, 3.63) is 16.9 Å². The minimum Gasteiger partial charge on any atom is -0.338 e. The second-order valence-electron chi connectivity index (χ2n) is 2.31. The van der Waals surface area contributed by atoms with E-state index in [-0.39, 0.29) is 17.3 Å². The molecule has 0 bridgehead atoms. The van der Waals surface area contributed by atoms with Crippen LogP contribution in [-0.2, 0) is 7.05 Å². The highest BCUT2D eigenvalue weighted by Gasteiger charge is 2.14. The molecule has 1 aromatic heterocycles. The SMILES string of the molecule is Cn1ncc(Cl)c1C(=O)NCC#N. The van der Waals surface area contributed by atoms with Crippen LogP contribution in [0.15, 0.2) is 6.20 Å². The number of carbonyl (C=O) groups excluding carboxylic acids is 1. The molecular weight excluding hydrogens is 192 g/mol. The van der Waals surface area contributed by atoms with Crippen LogP contribution in [0.1, 0.15) is 10.5 Å². The van der Waals surface area contributed by atoms with Crippen molar-refractivity contribution in [2.75, 3.05) is 6.54 Å². The van der Waals surface area contributed by atoms with Crippen LogP contribution < -0.4 is 5.32 Å². The zero-order valence-corrected chi connectivity index (χ0v) is 7.67. The number of rotatable bonds is 2. The number of aryl methyl sites for hydroxylation is 1. The number of nitrogens with one attached hydrogen (secondary N) is 1. The highest BCUT2D eigenvalue weighted by molar-refractivity contribution is 6.33. The molecule has 0 saturated heterocycles. The summed E-state index contributed by atoms with van der Waals surface area (Å²) in [5.74, 6) is -0.397. The van der Waals surface area contributed by atoms with Crippen LogP contribution in [0.2, 0.25) is 5.02 Å². The summed E-state index contributed by atoms with van der Waals surface area (Å²) in [6, 6.07) is 1.79. The van der Waals surface area contributed by atoms with E-state index in [2.05, 4.69) is 10.4 Å². The fourth-order valence-corrected chi connectivity index (χ4v) is 1.12. The molecule has 0 aliphatic rings. The molecule has 1 N–H and O–H groups in total. The topological polar surface area (TPSA) is 70.7 Å². The van der Waals surface area contributed by atoms with Crippen LogP contribution in [0.3, 0.4) is 0 Å². The van der Waals surface area contributed by atoms with Gasteiger partial charge in [-0.2, -0.15) is 10.4 Å². The monoisotopic (exact) mass is 198 g/mol. The van der Waals surface area contributed by atoms with Crippen molar-refractivity contribution in [1.29, 1.82) is 5.26 Å². The predicted molar refractivity (Wildman–Crippen MR) is 46.2 cm³/mol. The molecule has 0 fully saturated rings. The van der Waals surface area contributed by atoms with Gasteiger partial charge in [0, 0.05) is 7.05 Å². The zero-order valence-electron chi connectivity index (χ0n) is 6.91. The number of hydrogen-bond donors (Lipinski definition) is 1. The van der Waals surface area contributed by atoms with E-state index in [1.165, 1.54) is 10.9 Å². The molecule has 1 aromatic rings. The molecule has 6 heteroatoms. The molecule has 68 valence electrons. The van der Waals surface area contributed by atoms with E-state index in [1.54, 1.807) is 13.1 Å². The van der Waals surface area contributed by atoms with Crippen LogP contribution in [0, 0.1) is 11.3 Å². The quantitative estimate of drug-likeness (QED) is 0.696. The van der Waals surface area contributed by atoms with Crippen LogP contribution in [0.4, 0.5) is 0 Å². The number of hydrogen-bond acceptors (Lipinski definition) is 3. The number of nitrogens with zero attached hydrogens (tertiary/aromatic N) is 3. The fraction of sp³-hybridized carbons (Fsp3) is 0.286. The first-order valence-electron chi connectivity index (χ1n) is 3.49. The molecule has 1 rings (SSSR count). The molecule has 0 radical (unpaired) electrons. The molecule has 1 amide bonds. The Balaban J connectivity index is 2.83. The standard InChI is InChI=1S/C7H7ClN4O/c1-12-6(5(8)4-11-12)7(13)10-3-2-9/h4H,3H2,1H3,(H,10,13). The van der Waals surface area contributed by atoms with E-state index in [9.17, 15) is 4.79 Å². The van der Waals surface area contributed by atoms with Crippen molar-refractivity contribution in [2.24, 2.45) is 7.05 Å². The summed E-state index contributed by atoms with van der Waals surface area (Å²) in [6.45, 7) is -0.0413. The summed E-state index contributed by atoms with van der Waals surface area (Å²) < 4.78 is 1.36. The Hall–Kier alpha value is -1.54. The van der Waals surface area contributed by atoms with E-state index >= 15 is 0 Å². The smallest absolute Gasteiger partial charge is 0.271 e. The normalized spacial score (nSPS) is 9.31. The van der Waals surface area contributed by atoms with Gasteiger partial charge in [0.1, 0.15) is 12.2 Å². The maximum Gasteiger partial charge on any atom is 0.271 e. The Labute approximate surface area is 79.9 Å². The van der Waals surface area contributed by atoms with E-state index in [0.29, 0.717) is 0 Å². The highest BCUT2D eigenvalue weighted by Crippen LogP contribution is 2.13. The van der Waals surface area contributed by atoms with Crippen molar-refractivity contribution in [1.82, 2.24) is 15.1 Å². The first kappa shape index (κ1) is 9.55. The summed E-state index contributed by atoms with van der Waals surface area (Å²) in [5, 5.41) is 14.7. The number of nitriles is 1. The lowest BCUT2D eigenvalue weighted by atomic mass is 10.4. The molecule has 0 atom stereocenters. The molecule has 0 unspecified atom stereocenters. The lowest BCUT2D eigenvalue weighted by molar-refractivity contribution is 0.0949. The number of aromatic nitrogens is 2. The summed E-state index contributed by atoms with van der Waals surface area (Å²) in [7, 11) is 1.60. The van der Waals surface area contributed by atoms with Crippen LogP contribution in [-0.4, -0.2) is 22.2 Å². The van der Waals surface area contributed by atoms with E-state index in [0.717, 1.165) is 0 Å². The molecule has 0 saturated carbocycles. The van der Waals surface area contributed by atoms with E-state index in [1.807, 2.05) is 0 Å². The third-order valence-electron chi connectivity index (χ3n) is 1.44. The van der Waals surface area contributed by atoms with Gasteiger partial charge < -0.3 is 5.32 Å². The first-order chi connectivity index (χ1) is 6.16. The third kappa shape index (κ3) is 1.98. The van der Waals surface area contributed by atoms with Gasteiger partial charge in [0.05, 0.1) is 17.3 Å². The lowest BCUT2D eigenvalue weighted by Crippen LogP contribution is -2.26. The average Bonchev–Trinajstić information content (AvgIpc) is 2.42. The van der Waals surface area contributed by atoms with Gasteiger partial charge in [-0.1, -0.05) is 11.6 Å². The molecule has 5 nitrogen and oxygen atoms in total. The molecule has 0 spiro atoms. The molecule has 0 aliphatic carbocycles. The summed E-state index contributed by atoms with van der Waals surface area (Å²) >= 11 is 5.69. The molecule has 1 heterocycles. The molecule has 13 heavy (non-hydrogen) atoms. The minimum atomic E-state index is -0.397. The Kier molecular flexibility index (Phi) is 2.88. The summed E-state index contributed by atoms with van der Waals surface area (Å²) in [6.07, 6.45) is 1.38. The van der Waals surface area contributed by atoms with E-state index < -0.39 is 5.91 Å². The van der Waals surface area contributed by atoms with Crippen molar-refractivity contribution in [3.63, 3.8) is 0 Å². The Morgan fingerprint density at radius 3 is 3.08 bits per heavy atom. The first-order valence-corrected chi connectivity index (χ1v) is 3.87. The second-order valence-corrected chi connectivity index (χ2v) is 2.71. The van der Waals surface area contributed by atoms with Crippen molar-refractivity contribution >= 4 is 17.5 Å². The van der Waals surface area contributed by atoms with Gasteiger partial charge in [-0.05, 0) is 0 Å². The van der Waals surface area contributed by atoms with Gasteiger partial charge in [0.15, 0.2) is 0 Å². The van der Waals surface area contributed by atoms with Crippen molar-refractivity contribution in [2.45, 2.75) is 0 Å². The van der Waals surface area contributed by atoms with Crippen LogP contribution in [0.5, 0.6) is 0 Å². The highest BCUT2D eigenvalue weighted by atomic mass is 35.5. The van der Waals surface area contributed by atoms with Gasteiger partial charge in [0.25, 0.3) is 5.91 Å². The minimum absolute atomic E-state index is 0.0413. The molecular formula is C7H7ClN4O. The fourth-order valence-electron chi connectivity index (χ4n) is 0.870. The van der Waals surface area contributed by atoms with Gasteiger partial charge >= 0.3 is 0 Å². The Morgan fingerprint density at radius 1 is 1.92 bits per heavy atom. The number of halogens is 1. The zero-order chi connectivity index (χ0) is 9.84. The largest absolute Gasteiger partial charge is 0.338 e. The van der Waals surface area contributed by atoms with Gasteiger partial charge in [-0.15, -0.1) is 0 Å². The average molecular weight is 199 g/mol. The van der Waals surface area contributed by atoms with Gasteiger partial charge in [-0.25, -0.2) is 0 Å². The van der Waals surface area contributed by atoms with Gasteiger partial charge in [0.2, 0.25) is 0 Å². The van der Waals surface area contributed by atoms with Crippen LogP contribution >= 0.6 is 11.6 Å². The summed E-state index contributed by atoms with van der Waals surface area (Å²) in [4.78, 5) is 11.3. The molecule has 0 aromatic carbocycles. The summed E-state index contributed by atoms with van der Waals surface area (Å²) in [5.41, 5.74) is 0.261. The van der Waals surface area contributed by atoms with Crippen molar-refractivity contribution < 1.29 is 4.79 Å². The lowest BCUT2D eigenvalue weighted by Gasteiger charge is -2.01. The maximum absolute atomic E-state index is 11.3. The predicted octanol–water partition coefficient (Wildman–Crippen LogP) is 0.327. The van der Waals surface area contributed by atoms with Crippen LogP contribution in [0.25, 0.3) is 0 Å².